The van der Waals surface area contributed by atoms with Crippen LogP contribution in [0.2, 0.25) is 0 Å². The van der Waals surface area contributed by atoms with Crippen molar-refractivity contribution in [2.45, 2.75) is 6.42 Å². The average molecular weight is 195 g/mol. The van der Waals surface area contributed by atoms with Crippen LogP contribution in [-0.2, 0) is 11.8 Å². The van der Waals surface area contributed by atoms with Gasteiger partial charge < -0.3 is 14.6 Å². The Morgan fingerprint density at radius 1 is 1.71 bits per heavy atom. The maximum absolute atomic E-state index is 10.7. The van der Waals surface area contributed by atoms with E-state index in [1.54, 1.807) is 6.20 Å². The molecule has 0 aliphatic carbocycles. The number of hydrogen-bond acceptors (Lipinski definition) is 3. The highest BCUT2D eigenvalue weighted by atomic mass is 16.4. The zero-order valence-electron chi connectivity index (χ0n) is 8.05. The normalized spacial score (nSPS) is 21.5. The van der Waals surface area contributed by atoms with E-state index in [-0.39, 0.29) is 5.92 Å². The molecule has 0 bridgehead atoms. The van der Waals surface area contributed by atoms with E-state index < -0.39 is 5.97 Å². The second kappa shape index (κ2) is 3.32. The van der Waals surface area contributed by atoms with Gasteiger partial charge in [0, 0.05) is 32.5 Å². The maximum Gasteiger partial charge on any atom is 0.308 e. The molecule has 0 spiro atoms. The van der Waals surface area contributed by atoms with E-state index in [1.165, 1.54) is 0 Å². The van der Waals surface area contributed by atoms with E-state index in [9.17, 15) is 4.79 Å². The first kappa shape index (κ1) is 9.05. The van der Waals surface area contributed by atoms with E-state index in [2.05, 4.69) is 4.98 Å². The summed E-state index contributed by atoms with van der Waals surface area (Å²) >= 11 is 0. The summed E-state index contributed by atoms with van der Waals surface area (Å²) in [6, 6.07) is 0. The lowest BCUT2D eigenvalue weighted by Crippen LogP contribution is -2.24. The predicted octanol–water partition coefficient (Wildman–Crippen LogP) is 0.331. The Balaban J connectivity index is 2.10. The topological polar surface area (TPSA) is 58.4 Å². The second-order valence-electron chi connectivity index (χ2n) is 3.61. The van der Waals surface area contributed by atoms with Gasteiger partial charge in [0.2, 0.25) is 5.95 Å². The largest absolute Gasteiger partial charge is 0.481 e. The first-order valence-corrected chi connectivity index (χ1v) is 4.63. The third-order valence-electron chi connectivity index (χ3n) is 2.62. The smallest absolute Gasteiger partial charge is 0.308 e. The Bertz CT molecular complexity index is 348. The van der Waals surface area contributed by atoms with E-state index in [0.29, 0.717) is 13.0 Å². The molecule has 1 aromatic rings. The molecule has 76 valence electrons. The van der Waals surface area contributed by atoms with Crippen molar-refractivity contribution in [2.75, 3.05) is 18.0 Å². The summed E-state index contributed by atoms with van der Waals surface area (Å²) in [6.45, 7) is 1.35. The molecule has 1 aromatic heterocycles. The lowest BCUT2D eigenvalue weighted by Gasteiger charge is -2.16. The maximum atomic E-state index is 10.7. The van der Waals surface area contributed by atoms with Crippen LogP contribution in [0.1, 0.15) is 6.42 Å². The quantitative estimate of drug-likeness (QED) is 0.738. The molecule has 2 rings (SSSR count). The van der Waals surface area contributed by atoms with Gasteiger partial charge in [-0.25, -0.2) is 4.98 Å². The van der Waals surface area contributed by atoms with Gasteiger partial charge >= 0.3 is 5.97 Å². The number of hydrogen-bond donors (Lipinski definition) is 1. The van der Waals surface area contributed by atoms with Gasteiger partial charge in [0.05, 0.1) is 5.92 Å². The minimum absolute atomic E-state index is 0.244. The summed E-state index contributed by atoms with van der Waals surface area (Å²) in [5.41, 5.74) is 0. The van der Waals surface area contributed by atoms with Gasteiger partial charge in [0.25, 0.3) is 0 Å². The Kier molecular flexibility index (Phi) is 2.15. The number of aryl methyl sites for hydroxylation is 1. The molecule has 5 heteroatoms. The second-order valence-corrected chi connectivity index (χ2v) is 3.61. The van der Waals surface area contributed by atoms with E-state index in [0.717, 1.165) is 12.5 Å². The van der Waals surface area contributed by atoms with Crippen molar-refractivity contribution in [1.82, 2.24) is 9.55 Å². The molecule has 0 aromatic carbocycles. The molecule has 0 unspecified atom stereocenters. The van der Waals surface area contributed by atoms with Crippen LogP contribution in [0.4, 0.5) is 5.95 Å². The van der Waals surface area contributed by atoms with Crippen LogP contribution in [0.5, 0.6) is 0 Å². The molecule has 1 saturated heterocycles. The average Bonchev–Trinajstić information content (AvgIpc) is 2.71. The van der Waals surface area contributed by atoms with Gasteiger partial charge in [-0.1, -0.05) is 0 Å². The van der Waals surface area contributed by atoms with Crippen LogP contribution in [-0.4, -0.2) is 33.7 Å². The van der Waals surface area contributed by atoms with Crippen molar-refractivity contribution >= 4 is 11.9 Å². The molecule has 1 aliphatic rings. The monoisotopic (exact) mass is 195 g/mol. The predicted molar refractivity (Wildman–Crippen MR) is 51.2 cm³/mol. The van der Waals surface area contributed by atoms with Crippen molar-refractivity contribution in [3.05, 3.63) is 12.4 Å². The van der Waals surface area contributed by atoms with Gasteiger partial charge in [-0.3, -0.25) is 4.79 Å². The molecule has 1 N–H and O–H groups in total. The summed E-state index contributed by atoms with van der Waals surface area (Å²) in [5.74, 6) is -0.0952. The van der Waals surface area contributed by atoms with E-state index >= 15 is 0 Å². The summed E-state index contributed by atoms with van der Waals surface area (Å²) in [6.07, 6.45) is 4.30. The van der Waals surface area contributed by atoms with Crippen molar-refractivity contribution in [1.29, 1.82) is 0 Å². The van der Waals surface area contributed by atoms with E-state index in [4.69, 9.17) is 5.11 Å². The van der Waals surface area contributed by atoms with Crippen LogP contribution in [0.15, 0.2) is 12.4 Å². The van der Waals surface area contributed by atoms with Gasteiger partial charge in [0.1, 0.15) is 0 Å². The zero-order chi connectivity index (χ0) is 10.1. The molecule has 0 saturated carbocycles. The first-order valence-electron chi connectivity index (χ1n) is 4.63. The van der Waals surface area contributed by atoms with Crippen molar-refractivity contribution in [3.63, 3.8) is 0 Å². The molecule has 2 heterocycles. The van der Waals surface area contributed by atoms with Crippen LogP contribution in [0.25, 0.3) is 0 Å². The summed E-state index contributed by atoms with van der Waals surface area (Å²) in [7, 11) is 1.91. The standard InChI is InChI=1S/C9H13N3O2/c1-11-5-3-10-9(11)12-4-2-7(6-12)8(13)14/h3,5,7H,2,4,6H2,1H3,(H,13,14)/t7-/m1/s1. The molecule has 0 radical (unpaired) electrons. The van der Waals surface area contributed by atoms with Crippen LogP contribution in [0, 0.1) is 5.92 Å². The first-order chi connectivity index (χ1) is 6.68. The SMILES string of the molecule is Cn1ccnc1N1CC[C@@H](C(=O)O)C1. The highest BCUT2D eigenvalue weighted by molar-refractivity contribution is 5.71. The van der Waals surface area contributed by atoms with Gasteiger partial charge in [-0.2, -0.15) is 0 Å². The fraction of sp³-hybridized carbons (Fsp3) is 0.556. The molecule has 1 aliphatic heterocycles. The summed E-state index contributed by atoms with van der Waals surface area (Å²) < 4.78 is 1.91. The Morgan fingerprint density at radius 2 is 2.50 bits per heavy atom. The zero-order valence-corrected chi connectivity index (χ0v) is 8.05. The number of carbonyl (C=O) groups is 1. The fourth-order valence-corrected chi connectivity index (χ4v) is 1.81. The molecular weight excluding hydrogens is 182 g/mol. The number of imidazole rings is 1. The number of anilines is 1. The summed E-state index contributed by atoms with van der Waals surface area (Å²) in [4.78, 5) is 16.9. The van der Waals surface area contributed by atoms with Gasteiger partial charge in [-0.15, -0.1) is 0 Å². The number of rotatable bonds is 2. The van der Waals surface area contributed by atoms with Gasteiger partial charge in [-0.05, 0) is 6.42 Å². The fourth-order valence-electron chi connectivity index (χ4n) is 1.81. The minimum atomic E-state index is -0.707. The lowest BCUT2D eigenvalue weighted by molar-refractivity contribution is -0.140. The minimum Gasteiger partial charge on any atom is -0.481 e. The molecule has 0 amide bonds. The lowest BCUT2D eigenvalue weighted by atomic mass is 10.1. The number of aliphatic carboxylic acids is 1. The molecule has 5 nitrogen and oxygen atoms in total. The van der Waals surface area contributed by atoms with Crippen molar-refractivity contribution in [2.24, 2.45) is 13.0 Å². The highest BCUT2D eigenvalue weighted by Crippen LogP contribution is 2.21. The molecular formula is C9H13N3O2. The third kappa shape index (κ3) is 1.45. The number of aromatic nitrogens is 2. The molecule has 14 heavy (non-hydrogen) atoms. The highest BCUT2D eigenvalue weighted by Gasteiger charge is 2.29. The van der Waals surface area contributed by atoms with Crippen LogP contribution < -0.4 is 4.90 Å². The Labute approximate surface area is 82.0 Å². The number of nitrogens with zero attached hydrogens (tertiary/aromatic N) is 3. The number of carboxylic acids is 1. The summed E-state index contributed by atoms with van der Waals surface area (Å²) in [5, 5.41) is 8.84. The van der Waals surface area contributed by atoms with Crippen molar-refractivity contribution < 1.29 is 9.90 Å². The van der Waals surface area contributed by atoms with Crippen molar-refractivity contribution in [3.8, 4) is 0 Å². The molecule has 1 atom stereocenters. The number of carboxylic acid groups (broad SMARTS) is 1. The Morgan fingerprint density at radius 3 is 3.00 bits per heavy atom. The molecule has 1 fully saturated rings. The van der Waals surface area contributed by atoms with Gasteiger partial charge in [0.15, 0.2) is 0 Å². The van der Waals surface area contributed by atoms with Crippen LogP contribution in [0.3, 0.4) is 0 Å². The van der Waals surface area contributed by atoms with E-state index in [1.807, 2.05) is 22.7 Å². The Hall–Kier alpha value is -1.52. The van der Waals surface area contributed by atoms with Crippen LogP contribution >= 0.6 is 0 Å². The third-order valence-corrected chi connectivity index (χ3v) is 2.62.